The van der Waals surface area contributed by atoms with E-state index in [0.717, 1.165) is 25.7 Å². The van der Waals surface area contributed by atoms with E-state index in [1.54, 1.807) is 7.11 Å². The summed E-state index contributed by atoms with van der Waals surface area (Å²) in [5, 5.41) is 0. The topological polar surface area (TPSA) is 26.3 Å². The molecule has 0 saturated heterocycles. The summed E-state index contributed by atoms with van der Waals surface area (Å²) in [6.07, 6.45) is 9.51. The average molecular weight is 212 g/mol. The van der Waals surface area contributed by atoms with Gasteiger partial charge in [0.2, 0.25) is 0 Å². The summed E-state index contributed by atoms with van der Waals surface area (Å²) >= 11 is 0. The number of unbranched alkanes of at least 4 members (excludes halogenated alkanes) is 3. The van der Waals surface area contributed by atoms with E-state index in [-0.39, 0.29) is 5.60 Å². The third-order valence-corrected chi connectivity index (χ3v) is 3.53. The summed E-state index contributed by atoms with van der Waals surface area (Å²) in [5.41, 5.74) is -0.0676. The van der Waals surface area contributed by atoms with Crippen LogP contribution in [0.3, 0.4) is 0 Å². The summed E-state index contributed by atoms with van der Waals surface area (Å²) in [6.45, 7) is 2.19. The molecule has 15 heavy (non-hydrogen) atoms. The lowest BCUT2D eigenvalue weighted by molar-refractivity contribution is -0.132. The lowest BCUT2D eigenvalue weighted by Crippen LogP contribution is -2.41. The number of Topliss-reactive ketones (excluding diaryl/α,β-unsaturated/α-hetero) is 1. The number of methoxy groups -OCH3 is 1. The van der Waals surface area contributed by atoms with Crippen LogP contribution in [0.2, 0.25) is 0 Å². The number of hydrogen-bond acceptors (Lipinski definition) is 2. The average Bonchev–Trinajstić information content (AvgIpc) is 2.18. The Morgan fingerprint density at radius 3 is 2.47 bits per heavy atom. The smallest absolute Gasteiger partial charge is 0.135 e. The van der Waals surface area contributed by atoms with E-state index in [9.17, 15) is 4.79 Å². The number of ether oxygens (including phenoxy) is 1. The van der Waals surface area contributed by atoms with Gasteiger partial charge in [0, 0.05) is 20.0 Å². The van der Waals surface area contributed by atoms with E-state index >= 15 is 0 Å². The molecule has 0 radical (unpaired) electrons. The van der Waals surface area contributed by atoms with Gasteiger partial charge in [0.25, 0.3) is 0 Å². The van der Waals surface area contributed by atoms with Gasteiger partial charge in [-0.25, -0.2) is 0 Å². The Balaban J connectivity index is 2.12. The van der Waals surface area contributed by atoms with Crippen LogP contribution in [0.25, 0.3) is 0 Å². The molecule has 1 fully saturated rings. The fourth-order valence-corrected chi connectivity index (χ4v) is 2.22. The summed E-state index contributed by atoms with van der Waals surface area (Å²) in [4.78, 5) is 11.7. The Labute approximate surface area is 93.4 Å². The molecule has 88 valence electrons. The fraction of sp³-hybridized carbons (Fsp3) is 0.923. The highest BCUT2D eigenvalue weighted by molar-refractivity contribution is 5.79. The van der Waals surface area contributed by atoms with Crippen molar-refractivity contribution in [2.75, 3.05) is 7.11 Å². The molecule has 1 saturated carbocycles. The van der Waals surface area contributed by atoms with Crippen LogP contribution in [-0.4, -0.2) is 18.5 Å². The van der Waals surface area contributed by atoms with Gasteiger partial charge in [0.15, 0.2) is 0 Å². The van der Waals surface area contributed by atoms with Gasteiger partial charge in [-0.2, -0.15) is 0 Å². The predicted molar refractivity (Wildman–Crippen MR) is 62.0 cm³/mol. The van der Waals surface area contributed by atoms with Gasteiger partial charge in [-0.1, -0.05) is 26.2 Å². The lowest BCUT2D eigenvalue weighted by Gasteiger charge is -2.40. The van der Waals surface area contributed by atoms with Crippen LogP contribution in [0.1, 0.15) is 64.7 Å². The molecule has 0 aromatic rings. The molecular weight excluding hydrogens is 188 g/mol. The standard InChI is InChI=1S/C13H24O2/c1-3-4-5-6-8-12(14)11-13(15-2)9-7-10-13/h3-11H2,1-2H3. The minimum atomic E-state index is -0.0676. The van der Waals surface area contributed by atoms with Gasteiger partial charge >= 0.3 is 0 Å². The second-order valence-electron chi connectivity index (χ2n) is 4.77. The summed E-state index contributed by atoms with van der Waals surface area (Å²) in [6, 6.07) is 0. The molecule has 2 nitrogen and oxygen atoms in total. The first kappa shape index (κ1) is 12.7. The number of rotatable bonds is 8. The van der Waals surface area contributed by atoms with Crippen molar-refractivity contribution in [2.45, 2.75) is 70.3 Å². The highest BCUT2D eigenvalue weighted by atomic mass is 16.5. The Morgan fingerprint density at radius 2 is 2.00 bits per heavy atom. The van der Waals surface area contributed by atoms with Crippen LogP contribution in [0.4, 0.5) is 0 Å². The SMILES string of the molecule is CCCCCCC(=O)CC1(OC)CCC1. The van der Waals surface area contributed by atoms with Crippen molar-refractivity contribution in [3.63, 3.8) is 0 Å². The molecule has 0 aromatic carbocycles. The summed E-state index contributed by atoms with van der Waals surface area (Å²) < 4.78 is 5.45. The molecular formula is C13H24O2. The van der Waals surface area contributed by atoms with Crippen LogP contribution in [0, 0.1) is 0 Å². The van der Waals surface area contributed by atoms with Crippen molar-refractivity contribution in [1.82, 2.24) is 0 Å². The van der Waals surface area contributed by atoms with E-state index < -0.39 is 0 Å². The number of carbonyl (C=O) groups excluding carboxylic acids is 1. The maximum atomic E-state index is 11.7. The second kappa shape index (κ2) is 6.26. The van der Waals surface area contributed by atoms with Crippen LogP contribution >= 0.6 is 0 Å². The highest BCUT2D eigenvalue weighted by Crippen LogP contribution is 2.38. The lowest BCUT2D eigenvalue weighted by atomic mass is 9.76. The van der Waals surface area contributed by atoms with Crippen molar-refractivity contribution in [2.24, 2.45) is 0 Å². The third kappa shape index (κ3) is 3.94. The Kier molecular flexibility index (Phi) is 5.30. The maximum absolute atomic E-state index is 11.7. The van der Waals surface area contributed by atoms with Gasteiger partial charge in [0.1, 0.15) is 5.78 Å². The first-order valence-electron chi connectivity index (χ1n) is 6.29. The zero-order chi connectivity index (χ0) is 11.1. The molecule has 0 heterocycles. The molecule has 0 N–H and O–H groups in total. The minimum absolute atomic E-state index is 0.0676. The zero-order valence-electron chi connectivity index (χ0n) is 10.2. The Hall–Kier alpha value is -0.370. The Bertz CT molecular complexity index is 189. The van der Waals surface area contributed by atoms with E-state index in [1.165, 1.54) is 25.7 Å². The molecule has 0 bridgehead atoms. The van der Waals surface area contributed by atoms with Gasteiger partial charge in [-0.05, 0) is 25.7 Å². The first-order chi connectivity index (χ1) is 7.22. The molecule has 0 unspecified atom stereocenters. The molecule has 1 aliphatic carbocycles. The number of ketones is 1. The second-order valence-corrected chi connectivity index (χ2v) is 4.77. The van der Waals surface area contributed by atoms with Crippen molar-refractivity contribution in [1.29, 1.82) is 0 Å². The molecule has 2 heteroatoms. The molecule has 0 spiro atoms. The molecule has 0 atom stereocenters. The van der Waals surface area contributed by atoms with Crippen molar-refractivity contribution < 1.29 is 9.53 Å². The highest BCUT2D eigenvalue weighted by Gasteiger charge is 2.38. The largest absolute Gasteiger partial charge is 0.378 e. The molecule has 0 aromatic heterocycles. The van der Waals surface area contributed by atoms with E-state index in [4.69, 9.17) is 4.74 Å². The van der Waals surface area contributed by atoms with Crippen molar-refractivity contribution >= 4 is 5.78 Å². The van der Waals surface area contributed by atoms with E-state index in [1.807, 2.05) is 0 Å². The molecule has 0 amide bonds. The molecule has 1 rings (SSSR count). The molecule has 0 aliphatic heterocycles. The van der Waals surface area contributed by atoms with E-state index in [2.05, 4.69) is 6.92 Å². The third-order valence-electron chi connectivity index (χ3n) is 3.53. The van der Waals surface area contributed by atoms with Crippen LogP contribution in [0.5, 0.6) is 0 Å². The quantitative estimate of drug-likeness (QED) is 0.576. The zero-order valence-corrected chi connectivity index (χ0v) is 10.2. The van der Waals surface area contributed by atoms with Gasteiger partial charge in [-0.3, -0.25) is 4.79 Å². The molecule has 1 aliphatic rings. The summed E-state index contributed by atoms with van der Waals surface area (Å²) in [5.74, 6) is 0.396. The number of hydrogen-bond donors (Lipinski definition) is 0. The van der Waals surface area contributed by atoms with Gasteiger partial charge < -0.3 is 4.74 Å². The summed E-state index contributed by atoms with van der Waals surface area (Å²) in [7, 11) is 1.74. The van der Waals surface area contributed by atoms with Gasteiger partial charge in [-0.15, -0.1) is 0 Å². The van der Waals surface area contributed by atoms with Gasteiger partial charge in [0.05, 0.1) is 5.60 Å². The first-order valence-corrected chi connectivity index (χ1v) is 6.29. The maximum Gasteiger partial charge on any atom is 0.135 e. The Morgan fingerprint density at radius 1 is 1.27 bits per heavy atom. The normalized spacial score (nSPS) is 18.5. The predicted octanol–water partition coefficient (Wildman–Crippen LogP) is 3.49. The van der Waals surface area contributed by atoms with Crippen LogP contribution < -0.4 is 0 Å². The van der Waals surface area contributed by atoms with Crippen molar-refractivity contribution in [3.05, 3.63) is 0 Å². The van der Waals surface area contributed by atoms with E-state index in [0.29, 0.717) is 12.2 Å². The monoisotopic (exact) mass is 212 g/mol. The minimum Gasteiger partial charge on any atom is -0.378 e. The van der Waals surface area contributed by atoms with Crippen molar-refractivity contribution in [3.8, 4) is 0 Å². The fourth-order valence-electron chi connectivity index (χ4n) is 2.22. The van der Waals surface area contributed by atoms with Crippen LogP contribution in [0.15, 0.2) is 0 Å². The van der Waals surface area contributed by atoms with Crippen LogP contribution in [-0.2, 0) is 9.53 Å². The number of carbonyl (C=O) groups is 1.